The van der Waals surface area contributed by atoms with E-state index in [0.29, 0.717) is 6.42 Å². The van der Waals surface area contributed by atoms with Gasteiger partial charge in [-0.05, 0) is 19.3 Å². The highest BCUT2D eigenvalue weighted by Gasteiger charge is 2.53. The molecule has 1 amide bonds. The number of nitrogens with one attached hydrogen (secondary N) is 1. The van der Waals surface area contributed by atoms with Gasteiger partial charge in [0.1, 0.15) is 73.2 Å². The van der Waals surface area contributed by atoms with Crippen LogP contribution in [0.3, 0.4) is 0 Å². The summed E-state index contributed by atoms with van der Waals surface area (Å²) in [6.07, 6.45) is 7.71. The van der Waals surface area contributed by atoms with Gasteiger partial charge in [-0.3, -0.25) is 4.79 Å². The summed E-state index contributed by atoms with van der Waals surface area (Å²) >= 11 is 0. The first kappa shape index (κ1) is 64.8. The maximum absolute atomic E-state index is 13.3. The topological polar surface area (TPSA) is 307 Å². The van der Waals surface area contributed by atoms with E-state index in [0.717, 1.165) is 44.9 Å². The van der Waals surface area contributed by atoms with Crippen LogP contribution in [0.1, 0.15) is 187 Å². The van der Waals surface area contributed by atoms with Crippen LogP contribution in [0.25, 0.3) is 0 Å². The molecule has 19 heteroatoms. The molecule has 0 bridgehead atoms. The van der Waals surface area contributed by atoms with E-state index in [1.807, 2.05) is 6.08 Å². The van der Waals surface area contributed by atoms with Crippen LogP contribution >= 0.6 is 0 Å². The first-order valence-electron chi connectivity index (χ1n) is 27.9. The number of allylic oxidation sites excluding steroid dienone is 1. The van der Waals surface area contributed by atoms with Crippen molar-refractivity contribution in [3.05, 3.63) is 12.2 Å². The first-order chi connectivity index (χ1) is 34.8. The highest BCUT2D eigenvalue weighted by atomic mass is 16.8. The fraction of sp³-hybridized carbons (Fsp3) is 0.943. The molecular weight excluding hydrogens is 939 g/mol. The lowest BCUT2D eigenvalue weighted by Crippen LogP contribution is -2.66. The van der Waals surface area contributed by atoms with Crippen molar-refractivity contribution in [2.24, 2.45) is 0 Å². The Morgan fingerprint density at radius 1 is 0.486 bits per heavy atom. The molecule has 424 valence electrons. The third-order valence-corrected chi connectivity index (χ3v) is 14.3. The zero-order chi connectivity index (χ0) is 52.7. The van der Waals surface area contributed by atoms with Gasteiger partial charge in [-0.1, -0.05) is 174 Å². The molecule has 6 unspecified atom stereocenters. The van der Waals surface area contributed by atoms with Crippen LogP contribution in [0.4, 0.5) is 0 Å². The van der Waals surface area contributed by atoms with Crippen LogP contribution in [0.15, 0.2) is 12.2 Å². The zero-order valence-corrected chi connectivity index (χ0v) is 43.7. The van der Waals surface area contributed by atoms with Crippen molar-refractivity contribution < 1.29 is 89.4 Å². The molecule has 0 aromatic rings. The largest absolute Gasteiger partial charge is 0.394 e. The number of hydrogen-bond donors (Lipinski definition) is 12. The Balaban J connectivity index is 1.54. The van der Waals surface area contributed by atoms with Crippen molar-refractivity contribution >= 4 is 5.91 Å². The zero-order valence-electron chi connectivity index (χ0n) is 43.7. The van der Waals surface area contributed by atoms with E-state index in [1.165, 1.54) is 116 Å². The fourth-order valence-electron chi connectivity index (χ4n) is 9.66. The molecule has 3 fully saturated rings. The van der Waals surface area contributed by atoms with Gasteiger partial charge in [0, 0.05) is 6.42 Å². The summed E-state index contributed by atoms with van der Waals surface area (Å²) in [4.78, 5) is 13.3. The summed E-state index contributed by atoms with van der Waals surface area (Å²) in [5.41, 5.74) is 0. The molecule has 3 saturated heterocycles. The average Bonchev–Trinajstić information content (AvgIpc) is 3.37. The Bertz CT molecular complexity index is 1380. The maximum atomic E-state index is 13.3. The molecular formula is C53H99NO18. The molecule has 0 aliphatic carbocycles. The highest BCUT2D eigenvalue weighted by Crippen LogP contribution is 2.33. The molecule has 3 heterocycles. The predicted molar refractivity (Wildman–Crippen MR) is 268 cm³/mol. The summed E-state index contributed by atoms with van der Waals surface area (Å²) in [6.45, 7) is 1.70. The number of carbonyl (C=O) groups is 1. The smallest absolute Gasteiger partial charge is 0.220 e. The van der Waals surface area contributed by atoms with Crippen LogP contribution in [-0.2, 0) is 33.2 Å². The van der Waals surface area contributed by atoms with Gasteiger partial charge in [-0.2, -0.15) is 0 Å². The van der Waals surface area contributed by atoms with Gasteiger partial charge in [-0.15, -0.1) is 0 Å². The minimum absolute atomic E-state index is 0.248. The SMILES string of the molecule is CCCCCCCCCCCCC/C=C/[C@@H](O)[C@H](CO[C@@H]1OC(CO)[C@@H](O[C@@H]2OC(CO)[C@H](O[C@H]3OC(CO)[C@H](O)C(O)[C@@H]3O)[C@@H](O)C2O)[C@@H](O)C1O)NC(=O)CCCCCCCCCCCCCCCC. The Morgan fingerprint density at radius 3 is 1.31 bits per heavy atom. The molecule has 0 saturated carbocycles. The number of hydrogen-bond acceptors (Lipinski definition) is 18. The number of carbonyl (C=O) groups excluding carboxylic acids is 1. The molecule has 3 rings (SSSR count). The number of ether oxygens (including phenoxy) is 6. The molecule has 0 spiro atoms. The van der Waals surface area contributed by atoms with E-state index in [2.05, 4.69) is 19.2 Å². The van der Waals surface area contributed by atoms with Gasteiger partial charge in [0.05, 0.1) is 38.6 Å². The summed E-state index contributed by atoms with van der Waals surface area (Å²) in [5, 5.41) is 120. The predicted octanol–water partition coefficient (Wildman–Crippen LogP) is 3.43. The number of unbranched alkanes of at least 4 members (excludes halogenated alkanes) is 24. The van der Waals surface area contributed by atoms with Gasteiger partial charge >= 0.3 is 0 Å². The Hall–Kier alpha value is -1.47. The standard InChI is InChI=1S/C53H99NO18/c1-3-5-7-9-11-13-15-17-19-21-23-25-27-29-31-41(59)54-36(37(58)30-28-26-24-22-20-18-16-14-12-10-8-6-4-2)35-67-51-47(65)44(62)49(39(33-56)69-51)72-53-48(66)45(63)50(40(34-57)70-53)71-52-46(64)43(61)42(60)38(32-55)68-52/h28,30,36-40,42-53,55-58,60-66H,3-27,29,31-35H2,1-2H3,(H,54,59)/b30-28+/t36-,37+,38?,39?,40?,42-,43?,44-,45-,46-,47?,48?,49+,50-,51+,52+,53-/m0/s1. The first-order valence-corrected chi connectivity index (χ1v) is 27.9. The Kier molecular flexibility index (Phi) is 34.3. The second kappa shape index (κ2) is 38.1. The Morgan fingerprint density at radius 2 is 0.861 bits per heavy atom. The van der Waals surface area contributed by atoms with Crippen molar-refractivity contribution in [3.8, 4) is 0 Å². The van der Waals surface area contributed by atoms with Crippen molar-refractivity contribution in [2.75, 3.05) is 26.4 Å². The third-order valence-electron chi connectivity index (χ3n) is 14.3. The summed E-state index contributed by atoms with van der Waals surface area (Å²) in [5.74, 6) is -0.276. The molecule has 17 atom stereocenters. The second-order valence-corrected chi connectivity index (χ2v) is 20.4. The minimum Gasteiger partial charge on any atom is -0.394 e. The van der Waals surface area contributed by atoms with Gasteiger partial charge in [0.15, 0.2) is 18.9 Å². The average molecular weight is 1040 g/mol. The van der Waals surface area contributed by atoms with E-state index in [-0.39, 0.29) is 18.9 Å². The lowest BCUT2D eigenvalue weighted by atomic mass is 9.96. The Labute approximate surface area is 429 Å². The van der Waals surface area contributed by atoms with E-state index in [4.69, 9.17) is 28.4 Å². The van der Waals surface area contributed by atoms with E-state index in [9.17, 15) is 61.0 Å². The van der Waals surface area contributed by atoms with Crippen LogP contribution in [0.5, 0.6) is 0 Å². The third kappa shape index (κ3) is 23.0. The molecule has 3 aliphatic rings. The van der Waals surface area contributed by atoms with Crippen molar-refractivity contribution in [1.29, 1.82) is 0 Å². The van der Waals surface area contributed by atoms with Gasteiger partial charge in [0.2, 0.25) is 5.91 Å². The minimum atomic E-state index is -1.97. The molecule has 19 nitrogen and oxygen atoms in total. The number of rotatable bonds is 40. The molecule has 72 heavy (non-hydrogen) atoms. The van der Waals surface area contributed by atoms with Gasteiger partial charge in [0.25, 0.3) is 0 Å². The van der Waals surface area contributed by atoms with Crippen LogP contribution in [-0.4, -0.2) is 193 Å². The van der Waals surface area contributed by atoms with Gasteiger partial charge in [-0.25, -0.2) is 0 Å². The summed E-state index contributed by atoms with van der Waals surface area (Å²) in [7, 11) is 0. The number of aliphatic hydroxyl groups excluding tert-OH is 11. The molecule has 12 N–H and O–H groups in total. The lowest BCUT2D eigenvalue weighted by Gasteiger charge is -2.48. The second-order valence-electron chi connectivity index (χ2n) is 20.4. The van der Waals surface area contributed by atoms with E-state index < -0.39 is 124 Å². The lowest BCUT2D eigenvalue weighted by molar-refractivity contribution is -0.379. The molecule has 0 aromatic carbocycles. The van der Waals surface area contributed by atoms with E-state index in [1.54, 1.807) is 6.08 Å². The fourth-order valence-corrected chi connectivity index (χ4v) is 9.66. The van der Waals surface area contributed by atoms with E-state index >= 15 is 0 Å². The number of aliphatic hydroxyl groups is 11. The quantitative estimate of drug-likeness (QED) is 0.0309. The summed E-state index contributed by atoms with van der Waals surface area (Å²) < 4.78 is 34.2. The van der Waals surface area contributed by atoms with Gasteiger partial charge < -0.3 is 89.9 Å². The molecule has 0 radical (unpaired) electrons. The van der Waals surface area contributed by atoms with Crippen molar-refractivity contribution in [2.45, 2.75) is 291 Å². The number of amides is 1. The van der Waals surface area contributed by atoms with Crippen LogP contribution in [0.2, 0.25) is 0 Å². The molecule has 3 aliphatic heterocycles. The van der Waals surface area contributed by atoms with Crippen molar-refractivity contribution in [3.63, 3.8) is 0 Å². The highest BCUT2D eigenvalue weighted by molar-refractivity contribution is 5.76. The van der Waals surface area contributed by atoms with Crippen molar-refractivity contribution in [1.82, 2.24) is 5.32 Å². The van der Waals surface area contributed by atoms with Crippen LogP contribution in [0, 0.1) is 0 Å². The molecule has 0 aromatic heterocycles. The normalized spacial score (nSPS) is 32.0. The van der Waals surface area contributed by atoms with Crippen LogP contribution < -0.4 is 5.32 Å². The maximum Gasteiger partial charge on any atom is 0.220 e. The monoisotopic (exact) mass is 1040 g/mol. The summed E-state index contributed by atoms with van der Waals surface area (Å²) in [6, 6.07) is -0.965.